The Bertz CT molecular complexity index is 705. The van der Waals surface area contributed by atoms with Crippen LogP contribution in [0.1, 0.15) is 41.9 Å². The Labute approximate surface area is 157 Å². The Kier molecular flexibility index (Phi) is 6.45. The zero-order valence-corrected chi connectivity index (χ0v) is 15.9. The van der Waals surface area contributed by atoms with E-state index < -0.39 is 0 Å². The molecule has 0 spiro atoms. The third-order valence-electron chi connectivity index (χ3n) is 5.51. The number of amides is 1. The monoisotopic (exact) mass is 351 g/mol. The predicted molar refractivity (Wildman–Crippen MR) is 105 cm³/mol. The number of carbonyl (C=O) groups is 1. The quantitative estimate of drug-likeness (QED) is 0.772. The second-order valence-corrected chi connectivity index (χ2v) is 7.30. The number of rotatable bonds is 6. The van der Waals surface area contributed by atoms with Crippen LogP contribution in [-0.4, -0.2) is 37.6 Å². The van der Waals surface area contributed by atoms with Gasteiger partial charge in [-0.2, -0.15) is 0 Å². The normalized spacial score (nSPS) is 16.5. The number of methoxy groups -OCH3 is 1. The van der Waals surface area contributed by atoms with Crippen LogP contribution in [-0.2, 0) is 9.53 Å². The highest BCUT2D eigenvalue weighted by Gasteiger charge is 2.26. The first-order valence-electron chi connectivity index (χ1n) is 9.56. The summed E-state index contributed by atoms with van der Waals surface area (Å²) in [6.45, 7) is 4.63. The Balaban J connectivity index is 1.74. The fourth-order valence-electron chi connectivity index (χ4n) is 3.96. The number of likely N-dealkylation sites (tertiary alicyclic amines) is 1. The Morgan fingerprint density at radius 1 is 1.08 bits per heavy atom. The van der Waals surface area contributed by atoms with E-state index in [9.17, 15) is 4.79 Å². The summed E-state index contributed by atoms with van der Waals surface area (Å²) in [5.74, 6) is 0.963. The molecule has 1 aliphatic rings. The molecule has 0 aromatic heterocycles. The van der Waals surface area contributed by atoms with E-state index in [1.165, 1.54) is 16.7 Å². The molecule has 0 saturated carbocycles. The van der Waals surface area contributed by atoms with Crippen LogP contribution in [0.3, 0.4) is 0 Å². The van der Waals surface area contributed by atoms with Crippen molar-refractivity contribution in [1.29, 1.82) is 0 Å². The molecule has 1 aliphatic heterocycles. The van der Waals surface area contributed by atoms with Gasteiger partial charge in [-0.1, -0.05) is 54.6 Å². The van der Waals surface area contributed by atoms with E-state index in [4.69, 9.17) is 4.74 Å². The Morgan fingerprint density at radius 3 is 2.38 bits per heavy atom. The first-order chi connectivity index (χ1) is 12.7. The molecule has 3 nitrogen and oxygen atoms in total. The highest BCUT2D eigenvalue weighted by atomic mass is 16.5. The number of benzene rings is 2. The van der Waals surface area contributed by atoms with Crippen LogP contribution in [0.5, 0.6) is 0 Å². The molecule has 26 heavy (non-hydrogen) atoms. The lowest BCUT2D eigenvalue weighted by Gasteiger charge is -2.33. The summed E-state index contributed by atoms with van der Waals surface area (Å²) in [6.07, 6.45) is 2.61. The summed E-state index contributed by atoms with van der Waals surface area (Å²) in [5.41, 5.74) is 3.71. The van der Waals surface area contributed by atoms with Crippen molar-refractivity contribution in [3.05, 3.63) is 71.3 Å². The molecule has 3 heteroatoms. The van der Waals surface area contributed by atoms with E-state index in [0.29, 0.717) is 12.3 Å². The van der Waals surface area contributed by atoms with Crippen molar-refractivity contribution < 1.29 is 9.53 Å². The number of carbonyl (C=O) groups excluding carboxylic acids is 1. The zero-order valence-electron chi connectivity index (χ0n) is 15.9. The van der Waals surface area contributed by atoms with Crippen LogP contribution in [0.4, 0.5) is 0 Å². The Morgan fingerprint density at radius 2 is 1.73 bits per heavy atom. The molecule has 0 radical (unpaired) electrons. The van der Waals surface area contributed by atoms with Gasteiger partial charge >= 0.3 is 0 Å². The molecule has 1 atom stereocenters. The largest absolute Gasteiger partial charge is 0.384 e. The molecule has 1 fully saturated rings. The van der Waals surface area contributed by atoms with Gasteiger partial charge in [-0.05, 0) is 42.4 Å². The van der Waals surface area contributed by atoms with Gasteiger partial charge in [0.15, 0.2) is 0 Å². The topological polar surface area (TPSA) is 29.5 Å². The summed E-state index contributed by atoms with van der Waals surface area (Å²) in [6, 6.07) is 18.8. The molecule has 1 saturated heterocycles. The zero-order chi connectivity index (χ0) is 18.4. The van der Waals surface area contributed by atoms with Crippen molar-refractivity contribution in [3.63, 3.8) is 0 Å². The molecule has 138 valence electrons. The van der Waals surface area contributed by atoms with E-state index >= 15 is 0 Å². The molecule has 0 bridgehead atoms. The second kappa shape index (κ2) is 9.00. The van der Waals surface area contributed by atoms with Gasteiger partial charge in [-0.15, -0.1) is 0 Å². The minimum absolute atomic E-state index is 0.113. The van der Waals surface area contributed by atoms with Gasteiger partial charge in [-0.3, -0.25) is 4.79 Å². The summed E-state index contributed by atoms with van der Waals surface area (Å²) >= 11 is 0. The number of hydrogen-bond donors (Lipinski definition) is 0. The van der Waals surface area contributed by atoms with E-state index in [1.54, 1.807) is 7.11 Å². The minimum atomic E-state index is 0.113. The predicted octanol–water partition coefficient (Wildman–Crippen LogP) is 4.40. The standard InChI is InChI=1S/C23H29NO2/c1-18-8-6-7-11-21(18)22(20-9-4-3-5-10-20)16-23(25)24-14-12-19(13-15-24)17-26-2/h3-11,19,22H,12-17H2,1-2H3/t22-/m1/s1. The van der Waals surface area contributed by atoms with Crippen LogP contribution >= 0.6 is 0 Å². The second-order valence-electron chi connectivity index (χ2n) is 7.30. The first kappa shape index (κ1) is 18.7. The van der Waals surface area contributed by atoms with Gasteiger partial charge in [-0.25, -0.2) is 0 Å². The highest BCUT2D eigenvalue weighted by molar-refractivity contribution is 5.78. The van der Waals surface area contributed by atoms with Crippen molar-refractivity contribution in [1.82, 2.24) is 4.90 Å². The molecular formula is C23H29NO2. The molecule has 2 aromatic carbocycles. The molecule has 0 N–H and O–H groups in total. The lowest BCUT2D eigenvalue weighted by molar-refractivity contribution is -0.133. The minimum Gasteiger partial charge on any atom is -0.384 e. The number of piperidine rings is 1. The SMILES string of the molecule is COCC1CCN(C(=O)C[C@H](c2ccccc2)c2ccccc2C)CC1. The highest BCUT2D eigenvalue weighted by Crippen LogP contribution is 2.31. The summed E-state index contributed by atoms with van der Waals surface area (Å²) in [7, 11) is 1.75. The summed E-state index contributed by atoms with van der Waals surface area (Å²) in [5, 5.41) is 0. The van der Waals surface area contributed by atoms with Crippen LogP contribution < -0.4 is 0 Å². The molecule has 3 rings (SSSR count). The van der Waals surface area contributed by atoms with Crippen LogP contribution in [0, 0.1) is 12.8 Å². The third kappa shape index (κ3) is 4.53. The van der Waals surface area contributed by atoms with Gasteiger partial charge in [0.25, 0.3) is 0 Å². The van der Waals surface area contributed by atoms with Gasteiger partial charge in [0, 0.05) is 39.1 Å². The molecule has 0 unspecified atom stereocenters. The lowest BCUT2D eigenvalue weighted by Crippen LogP contribution is -2.40. The Hall–Kier alpha value is -2.13. The fraction of sp³-hybridized carbons (Fsp3) is 0.435. The van der Waals surface area contributed by atoms with Crippen LogP contribution in [0.25, 0.3) is 0 Å². The molecule has 1 heterocycles. The molecular weight excluding hydrogens is 322 g/mol. The number of hydrogen-bond acceptors (Lipinski definition) is 2. The summed E-state index contributed by atoms with van der Waals surface area (Å²) < 4.78 is 5.27. The average Bonchev–Trinajstić information content (AvgIpc) is 2.68. The van der Waals surface area contributed by atoms with Crippen molar-refractivity contribution in [2.24, 2.45) is 5.92 Å². The van der Waals surface area contributed by atoms with Crippen molar-refractivity contribution >= 4 is 5.91 Å². The third-order valence-corrected chi connectivity index (χ3v) is 5.51. The first-order valence-corrected chi connectivity index (χ1v) is 9.56. The van der Waals surface area contributed by atoms with Gasteiger partial charge in [0.1, 0.15) is 0 Å². The maximum absolute atomic E-state index is 13.0. The number of aryl methyl sites for hydroxylation is 1. The maximum Gasteiger partial charge on any atom is 0.223 e. The molecule has 1 amide bonds. The van der Waals surface area contributed by atoms with Crippen molar-refractivity contribution in [3.8, 4) is 0 Å². The summed E-state index contributed by atoms with van der Waals surface area (Å²) in [4.78, 5) is 15.1. The van der Waals surface area contributed by atoms with Crippen LogP contribution in [0.2, 0.25) is 0 Å². The van der Waals surface area contributed by atoms with E-state index in [2.05, 4.69) is 55.5 Å². The molecule has 0 aliphatic carbocycles. The number of ether oxygens (including phenoxy) is 1. The molecule has 2 aromatic rings. The van der Waals surface area contributed by atoms with Crippen molar-refractivity contribution in [2.75, 3.05) is 26.8 Å². The van der Waals surface area contributed by atoms with E-state index in [-0.39, 0.29) is 11.8 Å². The van der Waals surface area contributed by atoms with E-state index in [1.807, 2.05) is 11.0 Å². The van der Waals surface area contributed by atoms with Gasteiger partial charge in [0.2, 0.25) is 5.91 Å². The maximum atomic E-state index is 13.0. The number of nitrogens with zero attached hydrogens (tertiary/aromatic N) is 1. The van der Waals surface area contributed by atoms with Crippen LogP contribution in [0.15, 0.2) is 54.6 Å². The van der Waals surface area contributed by atoms with E-state index in [0.717, 1.165) is 32.5 Å². The average molecular weight is 351 g/mol. The fourth-order valence-corrected chi connectivity index (χ4v) is 3.96. The van der Waals surface area contributed by atoms with Gasteiger partial charge in [0.05, 0.1) is 0 Å². The lowest BCUT2D eigenvalue weighted by atomic mass is 9.85. The van der Waals surface area contributed by atoms with Gasteiger partial charge < -0.3 is 9.64 Å². The smallest absolute Gasteiger partial charge is 0.223 e. The van der Waals surface area contributed by atoms with Crippen molar-refractivity contribution in [2.45, 2.75) is 32.1 Å².